The van der Waals surface area contributed by atoms with Crippen LogP contribution in [0.5, 0.6) is 0 Å². The highest BCUT2D eigenvalue weighted by atomic mass is 32.1. The van der Waals surface area contributed by atoms with Gasteiger partial charge in [0.15, 0.2) is 5.13 Å². The number of carbonyl (C=O) groups is 1. The van der Waals surface area contributed by atoms with Crippen LogP contribution in [0.25, 0.3) is 11.3 Å². The van der Waals surface area contributed by atoms with Crippen molar-refractivity contribution in [2.24, 2.45) is 0 Å². The number of benzene rings is 1. The second-order valence-corrected chi connectivity index (χ2v) is 6.04. The number of nitrogens with zero attached hydrogens (tertiary/aromatic N) is 1. The molecule has 21 heavy (non-hydrogen) atoms. The van der Waals surface area contributed by atoms with Gasteiger partial charge in [-0.25, -0.2) is 9.37 Å². The van der Waals surface area contributed by atoms with Gasteiger partial charge in [-0.15, -0.1) is 11.3 Å². The van der Waals surface area contributed by atoms with Gasteiger partial charge in [0, 0.05) is 10.9 Å². The fourth-order valence-corrected chi connectivity index (χ4v) is 3.23. The van der Waals surface area contributed by atoms with Crippen molar-refractivity contribution < 1.29 is 9.18 Å². The Hall–Kier alpha value is -2.05. The van der Waals surface area contributed by atoms with Crippen LogP contribution in [0.1, 0.15) is 5.56 Å². The largest absolute Gasteiger partial charge is 0.302 e. The molecule has 0 fully saturated rings. The number of anilines is 1. The number of thiophene rings is 1. The first-order chi connectivity index (χ1) is 10.2. The first-order valence-electron chi connectivity index (χ1n) is 6.23. The van der Waals surface area contributed by atoms with Gasteiger partial charge in [0.05, 0.1) is 12.1 Å². The zero-order chi connectivity index (χ0) is 14.7. The Morgan fingerprint density at radius 1 is 1.19 bits per heavy atom. The number of aromatic nitrogens is 1. The third-order valence-electron chi connectivity index (χ3n) is 2.84. The maximum absolute atomic E-state index is 12.9. The van der Waals surface area contributed by atoms with E-state index in [9.17, 15) is 9.18 Å². The molecule has 0 aliphatic rings. The van der Waals surface area contributed by atoms with Crippen molar-refractivity contribution in [3.05, 3.63) is 57.9 Å². The standard InChI is InChI=1S/C15H11FN2OS2/c16-12-3-1-11(2-4-12)13-9-21-15(17-13)18-14(19)7-10-5-6-20-8-10/h1-6,8-9H,7H2,(H,17,18,19). The highest BCUT2D eigenvalue weighted by Gasteiger charge is 2.09. The highest BCUT2D eigenvalue weighted by molar-refractivity contribution is 7.14. The molecular formula is C15H11FN2OS2. The Balaban J connectivity index is 1.67. The number of halogens is 1. The molecule has 3 nitrogen and oxygen atoms in total. The predicted octanol–water partition coefficient (Wildman–Crippen LogP) is 4.19. The summed E-state index contributed by atoms with van der Waals surface area (Å²) in [4.78, 5) is 16.2. The molecule has 0 saturated carbocycles. The lowest BCUT2D eigenvalue weighted by Crippen LogP contribution is -2.13. The minimum absolute atomic E-state index is 0.0894. The minimum atomic E-state index is -0.279. The van der Waals surface area contributed by atoms with Crippen molar-refractivity contribution in [1.29, 1.82) is 0 Å². The number of hydrogen-bond acceptors (Lipinski definition) is 4. The van der Waals surface area contributed by atoms with Gasteiger partial charge in [-0.2, -0.15) is 11.3 Å². The SMILES string of the molecule is O=C(Cc1ccsc1)Nc1nc(-c2ccc(F)cc2)cs1. The van der Waals surface area contributed by atoms with Gasteiger partial charge in [0.1, 0.15) is 5.82 Å². The molecule has 2 heterocycles. The van der Waals surface area contributed by atoms with Crippen LogP contribution in [-0.4, -0.2) is 10.9 Å². The Bertz CT molecular complexity index is 735. The van der Waals surface area contributed by atoms with Crippen LogP contribution in [0.15, 0.2) is 46.5 Å². The maximum Gasteiger partial charge on any atom is 0.230 e. The monoisotopic (exact) mass is 318 g/mol. The van der Waals surface area contributed by atoms with Crippen molar-refractivity contribution in [3.63, 3.8) is 0 Å². The number of carbonyl (C=O) groups excluding carboxylic acids is 1. The van der Waals surface area contributed by atoms with Crippen LogP contribution in [0.2, 0.25) is 0 Å². The summed E-state index contributed by atoms with van der Waals surface area (Å²) >= 11 is 2.92. The smallest absolute Gasteiger partial charge is 0.230 e. The lowest BCUT2D eigenvalue weighted by atomic mass is 10.2. The summed E-state index contributed by atoms with van der Waals surface area (Å²) in [7, 11) is 0. The Kier molecular flexibility index (Phi) is 4.08. The number of amides is 1. The molecule has 106 valence electrons. The zero-order valence-corrected chi connectivity index (χ0v) is 12.5. The molecule has 0 radical (unpaired) electrons. The van der Waals surface area contributed by atoms with Gasteiger partial charge in [-0.05, 0) is 46.7 Å². The van der Waals surface area contributed by atoms with E-state index in [1.807, 2.05) is 22.2 Å². The first-order valence-corrected chi connectivity index (χ1v) is 8.05. The van der Waals surface area contributed by atoms with E-state index in [0.29, 0.717) is 11.6 Å². The van der Waals surface area contributed by atoms with E-state index in [0.717, 1.165) is 16.8 Å². The van der Waals surface area contributed by atoms with E-state index in [1.165, 1.54) is 23.5 Å². The minimum Gasteiger partial charge on any atom is -0.302 e. The van der Waals surface area contributed by atoms with Crippen LogP contribution >= 0.6 is 22.7 Å². The van der Waals surface area contributed by atoms with E-state index in [4.69, 9.17) is 0 Å². The summed E-state index contributed by atoms with van der Waals surface area (Å²) in [5.41, 5.74) is 2.55. The first kappa shape index (κ1) is 13.9. The molecule has 2 aromatic heterocycles. The Morgan fingerprint density at radius 3 is 2.71 bits per heavy atom. The van der Waals surface area contributed by atoms with E-state index in [1.54, 1.807) is 23.5 Å². The lowest BCUT2D eigenvalue weighted by Gasteiger charge is -2.00. The van der Waals surface area contributed by atoms with E-state index >= 15 is 0 Å². The van der Waals surface area contributed by atoms with Crippen LogP contribution in [0.4, 0.5) is 9.52 Å². The molecule has 3 aromatic rings. The van der Waals surface area contributed by atoms with Crippen molar-refractivity contribution in [2.75, 3.05) is 5.32 Å². The number of rotatable bonds is 4. The summed E-state index contributed by atoms with van der Waals surface area (Å²) in [5.74, 6) is -0.369. The lowest BCUT2D eigenvalue weighted by molar-refractivity contribution is -0.115. The normalized spacial score (nSPS) is 10.5. The summed E-state index contributed by atoms with van der Waals surface area (Å²) < 4.78 is 12.9. The molecule has 0 aliphatic heterocycles. The van der Waals surface area contributed by atoms with Crippen LogP contribution < -0.4 is 5.32 Å². The van der Waals surface area contributed by atoms with Gasteiger partial charge in [0.2, 0.25) is 5.91 Å². The topological polar surface area (TPSA) is 42.0 Å². The molecule has 0 atom stereocenters. The van der Waals surface area contributed by atoms with Crippen molar-refractivity contribution in [2.45, 2.75) is 6.42 Å². The van der Waals surface area contributed by atoms with Gasteiger partial charge in [0.25, 0.3) is 0 Å². The summed E-state index contributed by atoms with van der Waals surface area (Å²) in [5, 5.41) is 9.06. The second kappa shape index (κ2) is 6.15. The van der Waals surface area contributed by atoms with Crippen molar-refractivity contribution >= 4 is 33.7 Å². The van der Waals surface area contributed by atoms with E-state index < -0.39 is 0 Å². The van der Waals surface area contributed by atoms with E-state index in [-0.39, 0.29) is 11.7 Å². The quantitative estimate of drug-likeness (QED) is 0.783. The molecule has 1 amide bonds. The predicted molar refractivity (Wildman–Crippen MR) is 84.2 cm³/mol. The fraction of sp³-hybridized carbons (Fsp3) is 0.0667. The maximum atomic E-state index is 12.9. The Labute approximate surface area is 129 Å². The number of thiazole rings is 1. The van der Waals surface area contributed by atoms with Crippen LogP contribution in [-0.2, 0) is 11.2 Å². The zero-order valence-electron chi connectivity index (χ0n) is 10.9. The van der Waals surface area contributed by atoms with Gasteiger partial charge in [-0.1, -0.05) is 0 Å². The van der Waals surface area contributed by atoms with Crippen molar-refractivity contribution in [1.82, 2.24) is 4.98 Å². The Morgan fingerprint density at radius 2 is 2.00 bits per heavy atom. The average molecular weight is 318 g/mol. The summed E-state index contributed by atoms with van der Waals surface area (Å²) in [6.45, 7) is 0. The summed E-state index contributed by atoms with van der Waals surface area (Å²) in [6, 6.07) is 8.05. The fourth-order valence-electron chi connectivity index (χ4n) is 1.83. The second-order valence-electron chi connectivity index (χ2n) is 4.40. The third kappa shape index (κ3) is 3.53. The molecule has 1 N–H and O–H groups in total. The molecular weight excluding hydrogens is 307 g/mol. The van der Waals surface area contributed by atoms with Gasteiger partial charge < -0.3 is 5.32 Å². The molecule has 0 spiro atoms. The van der Waals surface area contributed by atoms with Crippen molar-refractivity contribution in [3.8, 4) is 11.3 Å². The molecule has 0 unspecified atom stereocenters. The molecule has 0 saturated heterocycles. The van der Waals surface area contributed by atoms with E-state index in [2.05, 4.69) is 10.3 Å². The van der Waals surface area contributed by atoms with Crippen LogP contribution in [0, 0.1) is 5.82 Å². The third-order valence-corrected chi connectivity index (χ3v) is 4.33. The summed E-state index contributed by atoms with van der Waals surface area (Å²) in [6.07, 6.45) is 0.342. The average Bonchev–Trinajstić information content (AvgIpc) is 3.11. The number of nitrogens with one attached hydrogen (secondary N) is 1. The molecule has 6 heteroatoms. The highest BCUT2D eigenvalue weighted by Crippen LogP contribution is 2.25. The van der Waals surface area contributed by atoms with Gasteiger partial charge >= 0.3 is 0 Å². The van der Waals surface area contributed by atoms with Gasteiger partial charge in [-0.3, -0.25) is 4.79 Å². The molecule has 3 rings (SSSR count). The molecule has 0 bridgehead atoms. The molecule has 0 aliphatic carbocycles. The number of hydrogen-bond donors (Lipinski definition) is 1. The molecule has 1 aromatic carbocycles. The van der Waals surface area contributed by atoms with Crippen LogP contribution in [0.3, 0.4) is 0 Å².